The van der Waals surface area contributed by atoms with Gasteiger partial charge >= 0.3 is 0 Å². The molecule has 2 rings (SSSR count). The summed E-state index contributed by atoms with van der Waals surface area (Å²) in [6.07, 6.45) is 5.00. The molecule has 2 aliphatic rings. The molecule has 48 valence electrons. The molecule has 3 atom stereocenters. The van der Waals surface area contributed by atoms with E-state index >= 15 is 0 Å². The Hall–Kier alpha value is -0.300. The van der Waals surface area contributed by atoms with Crippen LogP contribution in [0.1, 0.15) is 6.42 Å². The molecule has 1 saturated carbocycles. The molecule has 0 aromatic rings. The van der Waals surface area contributed by atoms with Crippen molar-refractivity contribution >= 4 is 17.4 Å². The van der Waals surface area contributed by atoms with E-state index in [1.54, 1.807) is 0 Å². The molecule has 1 nitrogen and oxygen atoms in total. The number of hydrogen-bond acceptors (Lipinski definition) is 1. The molecule has 0 N–H and O–H groups in total. The van der Waals surface area contributed by atoms with Crippen LogP contribution in [0.5, 0.6) is 0 Å². The van der Waals surface area contributed by atoms with Gasteiger partial charge in [-0.3, -0.25) is 4.79 Å². The first-order chi connectivity index (χ1) is 4.29. The maximum atomic E-state index is 11.0. The lowest BCUT2D eigenvalue weighted by atomic mass is 10.1. The molecule has 1 fully saturated rings. The average molecular weight is 143 g/mol. The lowest BCUT2D eigenvalue weighted by Gasteiger charge is -2.06. The highest BCUT2D eigenvalue weighted by atomic mass is 35.5. The van der Waals surface area contributed by atoms with Crippen LogP contribution in [0, 0.1) is 11.8 Å². The molecule has 2 heteroatoms. The average Bonchev–Trinajstić information content (AvgIpc) is 2.37. The van der Waals surface area contributed by atoms with Crippen LogP contribution >= 0.6 is 11.6 Å². The summed E-state index contributed by atoms with van der Waals surface area (Å²) >= 11 is 5.76. The second kappa shape index (κ2) is 1.60. The van der Waals surface area contributed by atoms with Gasteiger partial charge in [0.15, 0.2) is 5.78 Å². The van der Waals surface area contributed by atoms with E-state index in [9.17, 15) is 4.79 Å². The van der Waals surface area contributed by atoms with Gasteiger partial charge in [0.1, 0.15) is 0 Å². The molecule has 0 aliphatic heterocycles. The fraction of sp³-hybridized carbons (Fsp3) is 0.571. The predicted molar refractivity (Wildman–Crippen MR) is 35.4 cm³/mol. The smallest absolute Gasteiger partial charge is 0.158 e. The number of Topliss-reactive ketones (excluding diaryl/α,β-unsaturated/α-hetero) is 1. The van der Waals surface area contributed by atoms with Crippen LogP contribution in [-0.4, -0.2) is 11.2 Å². The van der Waals surface area contributed by atoms with Crippen molar-refractivity contribution in [3.63, 3.8) is 0 Å². The molecule has 0 saturated heterocycles. The van der Waals surface area contributed by atoms with Crippen LogP contribution < -0.4 is 0 Å². The van der Waals surface area contributed by atoms with Gasteiger partial charge in [0, 0.05) is 11.8 Å². The highest BCUT2D eigenvalue weighted by molar-refractivity contribution is 6.33. The van der Waals surface area contributed by atoms with Crippen molar-refractivity contribution in [2.75, 3.05) is 0 Å². The third-order valence-corrected chi connectivity index (χ3v) is 2.67. The quantitative estimate of drug-likeness (QED) is 0.369. The highest BCUT2D eigenvalue weighted by Gasteiger charge is 2.41. The summed E-state index contributed by atoms with van der Waals surface area (Å²) in [5.41, 5.74) is 0. The first-order valence-electron chi connectivity index (χ1n) is 3.15. The van der Waals surface area contributed by atoms with Crippen molar-refractivity contribution in [2.24, 2.45) is 11.8 Å². The number of rotatable bonds is 0. The van der Waals surface area contributed by atoms with Gasteiger partial charge in [-0.1, -0.05) is 12.2 Å². The minimum Gasteiger partial charge on any atom is -0.297 e. The van der Waals surface area contributed by atoms with Crippen LogP contribution in [-0.2, 0) is 4.79 Å². The van der Waals surface area contributed by atoms with Crippen molar-refractivity contribution in [3.05, 3.63) is 12.2 Å². The van der Waals surface area contributed by atoms with E-state index in [0.29, 0.717) is 5.92 Å². The number of fused-ring (bicyclic) bond motifs is 2. The van der Waals surface area contributed by atoms with Gasteiger partial charge in [-0.15, -0.1) is 11.6 Å². The number of ketones is 1. The van der Waals surface area contributed by atoms with Gasteiger partial charge in [0.2, 0.25) is 0 Å². The Morgan fingerprint density at radius 1 is 1.56 bits per heavy atom. The van der Waals surface area contributed by atoms with Crippen molar-refractivity contribution in [3.8, 4) is 0 Å². The van der Waals surface area contributed by atoms with Gasteiger partial charge in [-0.2, -0.15) is 0 Å². The Balaban J connectivity index is 2.36. The molecular weight excluding hydrogens is 136 g/mol. The van der Waals surface area contributed by atoms with E-state index in [1.807, 2.05) is 6.08 Å². The summed E-state index contributed by atoms with van der Waals surface area (Å²) in [6.45, 7) is 0. The second-order valence-electron chi connectivity index (χ2n) is 2.70. The van der Waals surface area contributed by atoms with Crippen LogP contribution in [0.15, 0.2) is 12.2 Å². The summed E-state index contributed by atoms with van der Waals surface area (Å²) in [6, 6.07) is 0. The molecule has 0 aromatic heterocycles. The highest BCUT2D eigenvalue weighted by Crippen LogP contribution is 2.39. The van der Waals surface area contributed by atoms with Crippen LogP contribution in [0.25, 0.3) is 0 Å². The number of allylic oxidation sites excluding steroid dienone is 2. The van der Waals surface area contributed by atoms with E-state index in [2.05, 4.69) is 6.08 Å². The number of carbonyl (C=O) groups is 1. The normalized spacial score (nSPS) is 46.8. The van der Waals surface area contributed by atoms with E-state index in [1.165, 1.54) is 0 Å². The number of alkyl halides is 1. The minimum absolute atomic E-state index is 0.164. The molecule has 0 unspecified atom stereocenters. The van der Waals surface area contributed by atoms with E-state index < -0.39 is 0 Å². The SMILES string of the molecule is O=C1[C@H]2C=C[C@H](C2)[C@H]1Cl. The van der Waals surface area contributed by atoms with Gasteiger partial charge in [0.25, 0.3) is 0 Å². The van der Waals surface area contributed by atoms with Gasteiger partial charge in [0.05, 0.1) is 5.38 Å². The van der Waals surface area contributed by atoms with E-state index in [-0.39, 0.29) is 17.1 Å². The summed E-state index contributed by atoms with van der Waals surface area (Å²) in [4.78, 5) is 11.0. The predicted octanol–water partition coefficient (Wildman–Crippen LogP) is 1.37. The Bertz CT molecular complexity index is 185. The van der Waals surface area contributed by atoms with Crippen molar-refractivity contribution in [1.29, 1.82) is 0 Å². The Labute approximate surface area is 58.7 Å². The molecule has 0 amide bonds. The molecular formula is C7H7ClO. The van der Waals surface area contributed by atoms with Crippen LogP contribution in [0.3, 0.4) is 0 Å². The Kier molecular flexibility index (Phi) is 0.974. The maximum absolute atomic E-state index is 11.0. The topological polar surface area (TPSA) is 17.1 Å². The van der Waals surface area contributed by atoms with Crippen molar-refractivity contribution in [1.82, 2.24) is 0 Å². The van der Waals surface area contributed by atoms with E-state index in [4.69, 9.17) is 11.6 Å². The third kappa shape index (κ3) is 0.584. The summed E-state index contributed by atoms with van der Waals surface area (Å²) < 4.78 is 0. The molecule has 2 bridgehead atoms. The lowest BCUT2D eigenvalue weighted by molar-refractivity contribution is -0.119. The molecule has 0 aromatic carbocycles. The zero-order valence-electron chi connectivity index (χ0n) is 4.88. The first-order valence-corrected chi connectivity index (χ1v) is 3.59. The number of carbonyl (C=O) groups excluding carboxylic acids is 1. The van der Waals surface area contributed by atoms with Gasteiger partial charge in [-0.05, 0) is 6.42 Å². The van der Waals surface area contributed by atoms with E-state index in [0.717, 1.165) is 6.42 Å². The fourth-order valence-electron chi connectivity index (χ4n) is 1.57. The van der Waals surface area contributed by atoms with Gasteiger partial charge < -0.3 is 0 Å². The summed E-state index contributed by atoms with van der Waals surface area (Å²) in [5, 5.41) is -0.208. The first kappa shape index (κ1) is 5.48. The monoisotopic (exact) mass is 142 g/mol. The molecule has 0 heterocycles. The van der Waals surface area contributed by atoms with Crippen LogP contribution in [0.2, 0.25) is 0 Å². The zero-order valence-corrected chi connectivity index (χ0v) is 5.64. The molecule has 2 aliphatic carbocycles. The minimum atomic E-state index is -0.208. The number of hydrogen-bond donors (Lipinski definition) is 0. The zero-order chi connectivity index (χ0) is 6.43. The third-order valence-electron chi connectivity index (χ3n) is 2.13. The molecule has 0 spiro atoms. The Morgan fingerprint density at radius 3 is 2.67 bits per heavy atom. The standard InChI is InChI=1S/C7H7ClO/c8-6-4-1-2-5(3-4)7(6)9/h1-2,4-6H,3H2/t4-,5+,6-/m1/s1. The Morgan fingerprint density at radius 2 is 2.33 bits per heavy atom. The maximum Gasteiger partial charge on any atom is 0.158 e. The van der Waals surface area contributed by atoms with Crippen LogP contribution in [0.4, 0.5) is 0 Å². The van der Waals surface area contributed by atoms with Gasteiger partial charge in [-0.25, -0.2) is 0 Å². The lowest BCUT2D eigenvalue weighted by Crippen LogP contribution is -2.18. The fourth-order valence-corrected chi connectivity index (χ4v) is 1.92. The molecule has 9 heavy (non-hydrogen) atoms. The largest absolute Gasteiger partial charge is 0.297 e. The second-order valence-corrected chi connectivity index (χ2v) is 3.17. The number of halogens is 1. The van der Waals surface area contributed by atoms with Crippen molar-refractivity contribution in [2.45, 2.75) is 11.8 Å². The summed E-state index contributed by atoms with van der Waals surface area (Å²) in [7, 11) is 0. The molecule has 0 radical (unpaired) electrons. The summed E-state index contributed by atoms with van der Waals surface area (Å²) in [5.74, 6) is 0.742. The van der Waals surface area contributed by atoms with Crippen molar-refractivity contribution < 1.29 is 4.79 Å².